The number of pyridine rings is 1. The molecule has 1 rings (SSSR count). The van der Waals surface area contributed by atoms with Gasteiger partial charge in [0.1, 0.15) is 9.84 Å². The van der Waals surface area contributed by atoms with Crippen LogP contribution in [0.25, 0.3) is 0 Å². The molecule has 0 aliphatic carbocycles. The van der Waals surface area contributed by atoms with Crippen molar-refractivity contribution in [3.8, 4) is 0 Å². The lowest BCUT2D eigenvalue weighted by atomic mass is 10.3. The highest BCUT2D eigenvalue weighted by Crippen LogP contribution is 1.93. The molecule has 24 heavy (non-hydrogen) atoms. The molecule has 0 radical (unpaired) electrons. The fourth-order valence-corrected chi connectivity index (χ4v) is 2.15. The summed E-state index contributed by atoms with van der Waals surface area (Å²) in [6, 6.07) is 5.85. The van der Waals surface area contributed by atoms with E-state index in [1.165, 1.54) is 6.26 Å². The first-order chi connectivity index (χ1) is 11.0. The van der Waals surface area contributed by atoms with Gasteiger partial charge in [-0.2, -0.15) is 0 Å². The maximum atomic E-state index is 11.0. The SMILES string of the molecule is CCNC(=NCCOCCS(C)(=O)=O)NCCc1ccccn1.I. The molecular formula is C15H27IN4O3S. The third-order valence-corrected chi connectivity index (χ3v) is 3.76. The second-order valence-electron chi connectivity index (χ2n) is 5.00. The van der Waals surface area contributed by atoms with Crippen LogP contribution in [0.1, 0.15) is 12.6 Å². The molecule has 0 aliphatic rings. The van der Waals surface area contributed by atoms with E-state index in [2.05, 4.69) is 20.6 Å². The molecule has 0 aromatic carbocycles. The average molecular weight is 470 g/mol. The zero-order chi connectivity index (χ0) is 17.0. The van der Waals surface area contributed by atoms with Gasteiger partial charge in [0.2, 0.25) is 0 Å². The molecule has 138 valence electrons. The van der Waals surface area contributed by atoms with Crippen molar-refractivity contribution < 1.29 is 13.2 Å². The van der Waals surface area contributed by atoms with Crippen molar-refractivity contribution in [1.29, 1.82) is 0 Å². The van der Waals surface area contributed by atoms with E-state index in [4.69, 9.17) is 4.74 Å². The summed E-state index contributed by atoms with van der Waals surface area (Å²) in [7, 11) is -2.97. The van der Waals surface area contributed by atoms with Crippen molar-refractivity contribution in [2.24, 2.45) is 4.99 Å². The molecule has 7 nitrogen and oxygen atoms in total. The van der Waals surface area contributed by atoms with Crippen LogP contribution in [0.2, 0.25) is 0 Å². The summed E-state index contributed by atoms with van der Waals surface area (Å²) in [6.07, 6.45) is 3.79. The Kier molecular flexibility index (Phi) is 12.8. The minimum Gasteiger partial charge on any atom is -0.378 e. The van der Waals surface area contributed by atoms with Crippen LogP contribution in [0.15, 0.2) is 29.4 Å². The van der Waals surface area contributed by atoms with Gasteiger partial charge in [0.15, 0.2) is 5.96 Å². The highest BCUT2D eigenvalue weighted by molar-refractivity contribution is 14.0. The van der Waals surface area contributed by atoms with Crippen LogP contribution in [0.4, 0.5) is 0 Å². The van der Waals surface area contributed by atoms with Crippen LogP contribution in [0, 0.1) is 0 Å². The second kappa shape index (κ2) is 13.4. The summed E-state index contributed by atoms with van der Waals surface area (Å²) in [4.78, 5) is 8.65. The fraction of sp³-hybridized carbons (Fsp3) is 0.600. The Bertz CT molecular complexity index is 567. The summed E-state index contributed by atoms with van der Waals surface area (Å²) in [5, 5.41) is 6.38. The van der Waals surface area contributed by atoms with Crippen molar-refractivity contribution in [3.63, 3.8) is 0 Å². The highest BCUT2D eigenvalue weighted by Gasteiger charge is 2.01. The van der Waals surface area contributed by atoms with Gasteiger partial charge in [0, 0.05) is 37.7 Å². The first-order valence-corrected chi connectivity index (χ1v) is 9.75. The molecule has 0 unspecified atom stereocenters. The van der Waals surface area contributed by atoms with Gasteiger partial charge < -0.3 is 15.4 Å². The molecule has 0 atom stereocenters. The molecule has 1 heterocycles. The number of nitrogens with one attached hydrogen (secondary N) is 2. The normalized spacial score (nSPS) is 11.7. The van der Waals surface area contributed by atoms with Crippen LogP contribution in [-0.2, 0) is 21.0 Å². The van der Waals surface area contributed by atoms with E-state index >= 15 is 0 Å². The third kappa shape index (κ3) is 12.5. The fourth-order valence-electron chi connectivity index (χ4n) is 1.73. The number of ether oxygens (including phenoxy) is 1. The zero-order valence-corrected chi connectivity index (χ0v) is 17.3. The molecule has 9 heteroatoms. The van der Waals surface area contributed by atoms with Crippen molar-refractivity contribution in [2.75, 3.05) is 44.9 Å². The maximum Gasteiger partial charge on any atom is 0.191 e. The zero-order valence-electron chi connectivity index (χ0n) is 14.2. The minimum atomic E-state index is -2.97. The summed E-state index contributed by atoms with van der Waals surface area (Å²) in [5.74, 6) is 0.759. The number of hydrogen-bond acceptors (Lipinski definition) is 5. The van der Waals surface area contributed by atoms with E-state index in [1.807, 2.05) is 25.1 Å². The molecule has 0 aliphatic heterocycles. The molecular weight excluding hydrogens is 443 g/mol. The lowest BCUT2D eigenvalue weighted by Crippen LogP contribution is -2.38. The Hall–Kier alpha value is -0.940. The van der Waals surface area contributed by atoms with Gasteiger partial charge >= 0.3 is 0 Å². The van der Waals surface area contributed by atoms with Gasteiger partial charge in [0.25, 0.3) is 0 Å². The lowest BCUT2D eigenvalue weighted by Gasteiger charge is -2.11. The molecule has 1 aromatic heterocycles. The summed E-state index contributed by atoms with van der Waals surface area (Å²) in [6.45, 7) is 4.58. The van der Waals surface area contributed by atoms with Gasteiger partial charge in [0.05, 0.1) is 25.5 Å². The monoisotopic (exact) mass is 470 g/mol. The molecule has 0 bridgehead atoms. The maximum absolute atomic E-state index is 11.0. The van der Waals surface area contributed by atoms with Crippen LogP contribution in [0.3, 0.4) is 0 Å². The molecule has 0 spiro atoms. The van der Waals surface area contributed by atoms with Crippen LogP contribution >= 0.6 is 24.0 Å². The number of aromatic nitrogens is 1. The Labute approximate surface area is 161 Å². The van der Waals surface area contributed by atoms with E-state index in [-0.39, 0.29) is 36.3 Å². The van der Waals surface area contributed by atoms with Crippen LogP contribution in [-0.4, -0.2) is 64.2 Å². The number of aliphatic imine (C=N–C) groups is 1. The number of hydrogen-bond donors (Lipinski definition) is 2. The first-order valence-electron chi connectivity index (χ1n) is 7.69. The van der Waals surface area contributed by atoms with Crippen molar-refractivity contribution >= 4 is 39.8 Å². The topological polar surface area (TPSA) is 92.7 Å². The predicted molar refractivity (Wildman–Crippen MR) is 108 cm³/mol. The quantitative estimate of drug-likeness (QED) is 0.228. The number of halogens is 1. The molecule has 0 fully saturated rings. The summed E-state index contributed by atoms with van der Waals surface area (Å²) >= 11 is 0. The molecule has 1 aromatic rings. The van der Waals surface area contributed by atoms with E-state index in [1.54, 1.807) is 6.20 Å². The summed E-state index contributed by atoms with van der Waals surface area (Å²) in [5.41, 5.74) is 1.03. The molecule has 2 N–H and O–H groups in total. The molecule has 0 saturated heterocycles. The van der Waals surface area contributed by atoms with Gasteiger partial charge in [-0.1, -0.05) is 6.07 Å². The van der Waals surface area contributed by atoms with Crippen LogP contribution in [0.5, 0.6) is 0 Å². The van der Waals surface area contributed by atoms with Crippen molar-refractivity contribution in [3.05, 3.63) is 30.1 Å². The van der Waals surface area contributed by atoms with Gasteiger partial charge in [-0.25, -0.2) is 8.42 Å². The Morgan fingerprint density at radius 2 is 2.08 bits per heavy atom. The molecule has 0 amide bonds. The standard InChI is InChI=1S/C15H26N4O3S.HI/c1-3-16-15(18-9-7-14-6-4-5-8-17-14)19-10-11-22-12-13-23(2,20)21;/h4-6,8H,3,7,9-13H2,1-2H3,(H2,16,18,19);1H. The predicted octanol–water partition coefficient (Wildman–Crippen LogP) is 0.858. The lowest BCUT2D eigenvalue weighted by molar-refractivity contribution is 0.157. The summed E-state index contributed by atoms with van der Waals surface area (Å²) < 4.78 is 27.2. The van der Waals surface area contributed by atoms with Gasteiger partial charge in [-0.15, -0.1) is 24.0 Å². The average Bonchev–Trinajstić information content (AvgIpc) is 2.50. The first kappa shape index (κ1) is 23.1. The Balaban J connectivity index is 0.00000529. The van der Waals surface area contributed by atoms with Crippen molar-refractivity contribution in [2.45, 2.75) is 13.3 Å². The van der Waals surface area contributed by atoms with Crippen molar-refractivity contribution in [1.82, 2.24) is 15.6 Å². The molecule has 0 saturated carbocycles. The van der Waals surface area contributed by atoms with E-state index in [0.29, 0.717) is 13.2 Å². The van der Waals surface area contributed by atoms with Gasteiger partial charge in [-0.05, 0) is 19.1 Å². The Morgan fingerprint density at radius 3 is 2.71 bits per heavy atom. The second-order valence-corrected chi connectivity index (χ2v) is 7.26. The van der Waals surface area contributed by atoms with Gasteiger partial charge in [-0.3, -0.25) is 9.98 Å². The Morgan fingerprint density at radius 1 is 1.29 bits per heavy atom. The van der Waals surface area contributed by atoms with E-state index < -0.39 is 9.84 Å². The van der Waals surface area contributed by atoms with Crippen LogP contribution < -0.4 is 10.6 Å². The number of nitrogens with zero attached hydrogens (tertiary/aromatic N) is 2. The highest BCUT2D eigenvalue weighted by atomic mass is 127. The number of guanidine groups is 1. The third-order valence-electron chi connectivity index (χ3n) is 2.85. The number of rotatable bonds is 10. The number of sulfone groups is 1. The smallest absolute Gasteiger partial charge is 0.191 e. The van der Waals surface area contributed by atoms with E-state index in [9.17, 15) is 8.42 Å². The largest absolute Gasteiger partial charge is 0.378 e. The van der Waals surface area contributed by atoms with E-state index in [0.717, 1.165) is 31.2 Å². The minimum absolute atomic E-state index is 0.